The zero-order valence-corrected chi connectivity index (χ0v) is 17.6. The number of fused-ring (bicyclic) bond motifs is 1. The van der Waals surface area contributed by atoms with Gasteiger partial charge in [0.15, 0.2) is 0 Å². The molecule has 7 nitrogen and oxygen atoms in total. The summed E-state index contributed by atoms with van der Waals surface area (Å²) < 4.78 is 5.21. The SMILES string of the molecule is CCN(C(=O)c1cc2ncccc2[nH]1)[C@H]1CCC[C@@H](NCc2ccnc(OC)c2)C1. The van der Waals surface area contributed by atoms with Crippen LogP contribution in [0.3, 0.4) is 0 Å². The Bertz CT molecular complexity index is 969. The largest absolute Gasteiger partial charge is 0.481 e. The van der Waals surface area contributed by atoms with E-state index in [2.05, 4.69) is 27.2 Å². The monoisotopic (exact) mass is 407 g/mol. The molecular weight excluding hydrogens is 378 g/mol. The van der Waals surface area contributed by atoms with E-state index in [4.69, 9.17) is 4.74 Å². The molecular formula is C23H29N5O2. The first-order valence-electron chi connectivity index (χ1n) is 10.6. The molecule has 3 heterocycles. The fourth-order valence-corrected chi connectivity index (χ4v) is 4.36. The summed E-state index contributed by atoms with van der Waals surface area (Å²) in [6, 6.07) is 10.3. The number of nitrogens with zero attached hydrogens (tertiary/aromatic N) is 3. The van der Waals surface area contributed by atoms with Crippen LogP contribution in [0.25, 0.3) is 11.0 Å². The number of aromatic amines is 1. The second-order valence-electron chi connectivity index (χ2n) is 7.82. The molecule has 158 valence electrons. The molecule has 1 saturated carbocycles. The zero-order chi connectivity index (χ0) is 20.9. The number of pyridine rings is 2. The van der Waals surface area contributed by atoms with Gasteiger partial charge in [0, 0.05) is 43.6 Å². The number of H-pyrrole nitrogens is 1. The van der Waals surface area contributed by atoms with E-state index < -0.39 is 0 Å². The topological polar surface area (TPSA) is 83.1 Å². The van der Waals surface area contributed by atoms with Crippen molar-refractivity contribution in [1.29, 1.82) is 0 Å². The third-order valence-electron chi connectivity index (χ3n) is 5.91. The van der Waals surface area contributed by atoms with E-state index in [1.165, 1.54) is 0 Å². The van der Waals surface area contributed by atoms with Crippen LogP contribution >= 0.6 is 0 Å². The normalized spacial score (nSPS) is 19.0. The van der Waals surface area contributed by atoms with Crippen molar-refractivity contribution in [3.63, 3.8) is 0 Å². The summed E-state index contributed by atoms with van der Waals surface area (Å²) in [7, 11) is 1.63. The van der Waals surface area contributed by atoms with Gasteiger partial charge < -0.3 is 19.9 Å². The molecule has 30 heavy (non-hydrogen) atoms. The fraction of sp³-hybridized carbons (Fsp3) is 0.435. The molecule has 0 radical (unpaired) electrons. The maximum absolute atomic E-state index is 13.2. The summed E-state index contributed by atoms with van der Waals surface area (Å²) >= 11 is 0. The Morgan fingerprint density at radius 2 is 2.17 bits per heavy atom. The molecule has 0 saturated heterocycles. The van der Waals surface area contributed by atoms with E-state index in [0.717, 1.165) is 48.8 Å². The van der Waals surface area contributed by atoms with Crippen LogP contribution in [0.2, 0.25) is 0 Å². The predicted molar refractivity (Wildman–Crippen MR) is 116 cm³/mol. The van der Waals surface area contributed by atoms with Crippen LogP contribution in [0.1, 0.15) is 48.7 Å². The van der Waals surface area contributed by atoms with E-state index >= 15 is 0 Å². The van der Waals surface area contributed by atoms with Crippen LogP contribution in [0.5, 0.6) is 5.88 Å². The van der Waals surface area contributed by atoms with Gasteiger partial charge in [0.1, 0.15) is 5.69 Å². The van der Waals surface area contributed by atoms with Gasteiger partial charge in [-0.3, -0.25) is 9.78 Å². The van der Waals surface area contributed by atoms with E-state index in [0.29, 0.717) is 24.2 Å². The molecule has 3 aromatic rings. The highest BCUT2D eigenvalue weighted by Gasteiger charge is 2.30. The number of nitrogens with one attached hydrogen (secondary N) is 2. The van der Waals surface area contributed by atoms with E-state index in [9.17, 15) is 4.79 Å². The van der Waals surface area contributed by atoms with Gasteiger partial charge in [-0.1, -0.05) is 0 Å². The smallest absolute Gasteiger partial charge is 0.270 e. The van der Waals surface area contributed by atoms with Gasteiger partial charge in [-0.15, -0.1) is 0 Å². The highest BCUT2D eigenvalue weighted by atomic mass is 16.5. The number of carbonyl (C=O) groups is 1. The number of aromatic nitrogens is 3. The van der Waals surface area contributed by atoms with Gasteiger partial charge in [0.2, 0.25) is 5.88 Å². The molecule has 1 aliphatic rings. The first kappa shape index (κ1) is 20.3. The van der Waals surface area contributed by atoms with Crippen molar-refractivity contribution in [3.05, 3.63) is 54.0 Å². The maximum atomic E-state index is 13.2. The molecule has 1 amide bonds. The zero-order valence-electron chi connectivity index (χ0n) is 17.6. The van der Waals surface area contributed by atoms with Gasteiger partial charge in [0.25, 0.3) is 5.91 Å². The number of carbonyl (C=O) groups excluding carboxylic acids is 1. The highest BCUT2D eigenvalue weighted by Crippen LogP contribution is 2.25. The summed E-state index contributed by atoms with van der Waals surface area (Å²) in [5, 5.41) is 3.66. The van der Waals surface area contributed by atoms with Gasteiger partial charge in [-0.2, -0.15) is 0 Å². The van der Waals surface area contributed by atoms with Gasteiger partial charge in [0.05, 0.1) is 18.1 Å². The molecule has 0 unspecified atom stereocenters. The lowest BCUT2D eigenvalue weighted by molar-refractivity contribution is 0.0623. The molecule has 1 fully saturated rings. The van der Waals surface area contributed by atoms with Gasteiger partial charge in [-0.25, -0.2) is 4.98 Å². The number of amides is 1. The molecule has 4 rings (SSSR count). The summed E-state index contributed by atoms with van der Waals surface area (Å²) in [6.07, 6.45) is 7.75. The van der Waals surface area contributed by atoms with E-state index in [1.54, 1.807) is 19.5 Å². The molecule has 1 aliphatic carbocycles. The molecule has 7 heteroatoms. The van der Waals surface area contributed by atoms with Crippen LogP contribution in [-0.4, -0.2) is 51.5 Å². The Morgan fingerprint density at radius 3 is 2.97 bits per heavy atom. The van der Waals surface area contributed by atoms with Crippen molar-refractivity contribution < 1.29 is 9.53 Å². The van der Waals surface area contributed by atoms with E-state index in [1.807, 2.05) is 35.2 Å². The van der Waals surface area contributed by atoms with Crippen molar-refractivity contribution in [1.82, 2.24) is 25.2 Å². The minimum absolute atomic E-state index is 0.0556. The lowest BCUT2D eigenvalue weighted by Crippen LogP contribution is -2.46. The standard InChI is InChI=1S/C23H29N5O2/c1-3-28(23(29)21-14-20-19(27-21)8-5-10-24-20)18-7-4-6-17(13-18)26-15-16-9-11-25-22(12-16)30-2/h5,8-12,14,17-18,26-27H,3-4,6-7,13,15H2,1-2H3/t17-,18+/m1/s1. The van der Waals surface area contributed by atoms with Crippen LogP contribution < -0.4 is 10.1 Å². The molecule has 0 aromatic carbocycles. The quantitative estimate of drug-likeness (QED) is 0.626. The van der Waals surface area contributed by atoms with Crippen molar-refractivity contribution >= 4 is 16.9 Å². The molecule has 3 aromatic heterocycles. The average molecular weight is 408 g/mol. The van der Waals surface area contributed by atoms with Crippen molar-refractivity contribution in [3.8, 4) is 5.88 Å². The Morgan fingerprint density at radius 1 is 1.27 bits per heavy atom. The van der Waals surface area contributed by atoms with E-state index in [-0.39, 0.29) is 11.9 Å². The number of hydrogen-bond acceptors (Lipinski definition) is 5. The molecule has 2 atom stereocenters. The third kappa shape index (κ3) is 4.46. The maximum Gasteiger partial charge on any atom is 0.270 e. The summed E-state index contributed by atoms with van der Waals surface area (Å²) in [5.74, 6) is 0.687. The minimum atomic E-state index is 0.0556. The Balaban J connectivity index is 1.40. The minimum Gasteiger partial charge on any atom is -0.481 e. The highest BCUT2D eigenvalue weighted by molar-refractivity contribution is 5.97. The average Bonchev–Trinajstić information content (AvgIpc) is 3.23. The first-order valence-corrected chi connectivity index (χ1v) is 10.6. The van der Waals surface area contributed by atoms with Crippen LogP contribution in [0.15, 0.2) is 42.7 Å². The second kappa shape index (κ2) is 9.26. The Kier molecular flexibility index (Phi) is 6.28. The molecule has 2 N–H and O–H groups in total. The first-order chi connectivity index (χ1) is 14.7. The fourth-order valence-electron chi connectivity index (χ4n) is 4.36. The lowest BCUT2D eigenvalue weighted by Gasteiger charge is -2.37. The Hall–Kier alpha value is -2.93. The number of rotatable bonds is 7. The summed E-state index contributed by atoms with van der Waals surface area (Å²) in [5.41, 5.74) is 3.49. The van der Waals surface area contributed by atoms with Gasteiger partial charge >= 0.3 is 0 Å². The third-order valence-corrected chi connectivity index (χ3v) is 5.91. The molecule has 0 spiro atoms. The molecule has 0 bridgehead atoms. The number of ether oxygens (including phenoxy) is 1. The van der Waals surface area contributed by atoms with Gasteiger partial charge in [-0.05, 0) is 62.4 Å². The predicted octanol–water partition coefficient (Wildman–Crippen LogP) is 3.53. The van der Waals surface area contributed by atoms with Crippen molar-refractivity contribution in [2.24, 2.45) is 0 Å². The van der Waals surface area contributed by atoms with Crippen molar-refractivity contribution in [2.45, 2.75) is 51.2 Å². The van der Waals surface area contributed by atoms with Crippen molar-refractivity contribution in [2.75, 3.05) is 13.7 Å². The lowest BCUT2D eigenvalue weighted by atomic mass is 9.89. The Labute approximate surface area is 176 Å². The number of methoxy groups -OCH3 is 1. The second-order valence-corrected chi connectivity index (χ2v) is 7.82. The van der Waals surface area contributed by atoms with Crippen LogP contribution in [-0.2, 0) is 6.54 Å². The van der Waals surface area contributed by atoms with Crippen LogP contribution in [0, 0.1) is 0 Å². The molecule has 0 aliphatic heterocycles. The number of hydrogen-bond donors (Lipinski definition) is 2. The summed E-state index contributed by atoms with van der Waals surface area (Å²) in [6.45, 7) is 3.52. The summed E-state index contributed by atoms with van der Waals surface area (Å²) in [4.78, 5) is 27.0. The van der Waals surface area contributed by atoms with Crippen LogP contribution in [0.4, 0.5) is 0 Å².